The predicted molar refractivity (Wildman–Crippen MR) is 82.3 cm³/mol. The van der Waals surface area contributed by atoms with Crippen LogP contribution in [0.2, 0.25) is 0 Å². The van der Waals surface area contributed by atoms with E-state index in [1.54, 1.807) is 40.7 Å². The summed E-state index contributed by atoms with van der Waals surface area (Å²) in [5.41, 5.74) is 0.730. The molecule has 1 aromatic rings. The second-order valence-corrected chi connectivity index (χ2v) is 5.94. The van der Waals surface area contributed by atoms with Crippen molar-refractivity contribution in [3.8, 4) is 5.75 Å². The summed E-state index contributed by atoms with van der Waals surface area (Å²) in [6, 6.07) is 3.10. The van der Waals surface area contributed by atoms with E-state index < -0.39 is 16.6 Å². The highest BCUT2D eigenvalue weighted by Crippen LogP contribution is 2.27. The van der Waals surface area contributed by atoms with Crippen LogP contribution in [0.5, 0.6) is 5.75 Å². The number of ether oxygens (including phenoxy) is 2. The van der Waals surface area contributed by atoms with Gasteiger partial charge in [0.25, 0.3) is 5.69 Å². The number of nitrogens with zero attached hydrogens (tertiary/aromatic N) is 1. The molecule has 0 spiro atoms. The number of hydrogen-bond acceptors (Lipinski definition) is 5. The van der Waals surface area contributed by atoms with E-state index in [4.69, 9.17) is 9.47 Å². The van der Waals surface area contributed by atoms with Crippen LogP contribution in [0.4, 0.5) is 10.5 Å². The summed E-state index contributed by atoms with van der Waals surface area (Å²) in [7, 11) is 0. The molecular weight excluding hydrogens is 288 g/mol. The third kappa shape index (κ3) is 5.59. The molecule has 7 heteroatoms. The van der Waals surface area contributed by atoms with E-state index in [0.717, 1.165) is 0 Å². The SMILES string of the molecule is Cc1cc([N+](=O)[O-])c(C)cc1OCCNC(=O)OC(C)(C)C. The Kier molecular flexibility index (Phi) is 5.73. The van der Waals surface area contributed by atoms with Crippen LogP contribution in [0, 0.1) is 24.0 Å². The Morgan fingerprint density at radius 1 is 1.27 bits per heavy atom. The highest BCUT2D eigenvalue weighted by molar-refractivity contribution is 5.67. The first-order valence-corrected chi connectivity index (χ1v) is 6.95. The predicted octanol–water partition coefficient (Wildman–Crippen LogP) is 3.12. The fraction of sp³-hybridized carbons (Fsp3) is 0.533. The Hall–Kier alpha value is -2.31. The fourth-order valence-corrected chi connectivity index (χ4v) is 1.75. The van der Waals surface area contributed by atoms with Gasteiger partial charge in [-0.1, -0.05) is 0 Å². The Balaban J connectivity index is 2.51. The standard InChI is InChI=1S/C15H22N2O5/c1-10-9-13(11(2)8-12(10)17(19)20)21-7-6-16-14(18)22-15(3,4)5/h8-9H,6-7H2,1-5H3,(H,16,18). The van der Waals surface area contributed by atoms with E-state index in [1.807, 2.05) is 0 Å². The van der Waals surface area contributed by atoms with Crippen molar-refractivity contribution in [2.75, 3.05) is 13.2 Å². The molecule has 22 heavy (non-hydrogen) atoms. The van der Waals surface area contributed by atoms with Crippen LogP contribution in [-0.4, -0.2) is 29.8 Å². The maximum absolute atomic E-state index is 11.4. The van der Waals surface area contributed by atoms with Gasteiger partial charge in [0.1, 0.15) is 18.0 Å². The smallest absolute Gasteiger partial charge is 0.407 e. The zero-order chi connectivity index (χ0) is 16.9. The molecule has 122 valence electrons. The average molecular weight is 310 g/mol. The van der Waals surface area contributed by atoms with Crippen molar-refractivity contribution in [2.45, 2.75) is 40.2 Å². The molecule has 1 amide bonds. The molecule has 1 rings (SSSR count). The topological polar surface area (TPSA) is 90.7 Å². The van der Waals surface area contributed by atoms with Gasteiger partial charge >= 0.3 is 6.09 Å². The normalized spacial score (nSPS) is 11.0. The number of nitro benzene ring substituents is 1. The van der Waals surface area contributed by atoms with Crippen molar-refractivity contribution in [3.63, 3.8) is 0 Å². The maximum atomic E-state index is 11.4. The molecule has 1 aromatic carbocycles. The summed E-state index contributed by atoms with van der Waals surface area (Å²) >= 11 is 0. The highest BCUT2D eigenvalue weighted by atomic mass is 16.6. The number of nitrogens with one attached hydrogen (secondary N) is 1. The maximum Gasteiger partial charge on any atom is 0.407 e. The molecule has 0 saturated heterocycles. The Labute approximate surface area is 129 Å². The average Bonchev–Trinajstić information content (AvgIpc) is 2.35. The molecule has 0 bridgehead atoms. The molecule has 7 nitrogen and oxygen atoms in total. The quantitative estimate of drug-likeness (QED) is 0.512. The minimum atomic E-state index is -0.545. The Bertz CT molecular complexity index is 564. The minimum Gasteiger partial charge on any atom is -0.491 e. The van der Waals surface area contributed by atoms with E-state index in [2.05, 4.69) is 5.32 Å². The number of aryl methyl sites for hydroxylation is 2. The lowest BCUT2D eigenvalue weighted by molar-refractivity contribution is -0.385. The molecule has 0 fully saturated rings. The fourth-order valence-electron chi connectivity index (χ4n) is 1.75. The van der Waals surface area contributed by atoms with Crippen molar-refractivity contribution in [2.24, 2.45) is 0 Å². The Morgan fingerprint density at radius 3 is 2.45 bits per heavy atom. The largest absolute Gasteiger partial charge is 0.491 e. The van der Waals surface area contributed by atoms with Gasteiger partial charge < -0.3 is 14.8 Å². The van der Waals surface area contributed by atoms with Crippen LogP contribution in [0.15, 0.2) is 12.1 Å². The number of alkyl carbamates (subject to hydrolysis) is 1. The molecule has 0 atom stereocenters. The molecule has 0 aliphatic rings. The van der Waals surface area contributed by atoms with Gasteiger partial charge in [-0.25, -0.2) is 4.79 Å². The minimum absolute atomic E-state index is 0.0664. The monoisotopic (exact) mass is 310 g/mol. The summed E-state index contributed by atoms with van der Waals surface area (Å²) in [4.78, 5) is 21.9. The zero-order valence-corrected chi connectivity index (χ0v) is 13.6. The number of carbonyl (C=O) groups is 1. The second-order valence-electron chi connectivity index (χ2n) is 5.94. The van der Waals surface area contributed by atoms with Crippen molar-refractivity contribution in [1.29, 1.82) is 0 Å². The lowest BCUT2D eigenvalue weighted by atomic mass is 10.1. The first-order chi connectivity index (χ1) is 10.1. The van der Waals surface area contributed by atoms with E-state index in [1.165, 1.54) is 6.07 Å². The molecule has 0 radical (unpaired) electrons. The first kappa shape index (κ1) is 17.7. The van der Waals surface area contributed by atoms with Crippen molar-refractivity contribution in [1.82, 2.24) is 5.32 Å². The molecule has 0 saturated carbocycles. The lowest BCUT2D eigenvalue weighted by Gasteiger charge is -2.19. The summed E-state index contributed by atoms with van der Waals surface area (Å²) in [6.07, 6.45) is -0.507. The van der Waals surface area contributed by atoms with Crippen LogP contribution >= 0.6 is 0 Å². The van der Waals surface area contributed by atoms with E-state index >= 15 is 0 Å². The third-order valence-electron chi connectivity index (χ3n) is 2.72. The molecule has 1 N–H and O–H groups in total. The number of hydrogen-bond donors (Lipinski definition) is 1. The summed E-state index contributed by atoms with van der Waals surface area (Å²) in [6.45, 7) is 9.28. The first-order valence-electron chi connectivity index (χ1n) is 6.95. The number of nitro groups is 1. The summed E-state index contributed by atoms with van der Waals surface area (Å²) < 4.78 is 10.6. The van der Waals surface area contributed by atoms with Gasteiger partial charge in [-0.05, 0) is 46.2 Å². The molecule has 0 aliphatic heterocycles. The number of benzene rings is 1. The highest BCUT2D eigenvalue weighted by Gasteiger charge is 2.16. The number of amides is 1. The van der Waals surface area contributed by atoms with Crippen LogP contribution in [0.1, 0.15) is 31.9 Å². The molecule has 0 heterocycles. The van der Waals surface area contributed by atoms with E-state index in [9.17, 15) is 14.9 Å². The zero-order valence-electron chi connectivity index (χ0n) is 13.6. The second kappa shape index (κ2) is 7.11. The van der Waals surface area contributed by atoms with Crippen LogP contribution < -0.4 is 10.1 Å². The molecular formula is C15H22N2O5. The van der Waals surface area contributed by atoms with Gasteiger partial charge in [-0.3, -0.25) is 10.1 Å². The van der Waals surface area contributed by atoms with Gasteiger partial charge in [-0.2, -0.15) is 0 Å². The van der Waals surface area contributed by atoms with Crippen LogP contribution in [-0.2, 0) is 4.74 Å². The number of rotatable bonds is 5. The van der Waals surface area contributed by atoms with Gasteiger partial charge in [0, 0.05) is 11.6 Å². The van der Waals surface area contributed by atoms with Crippen LogP contribution in [0.25, 0.3) is 0 Å². The van der Waals surface area contributed by atoms with Crippen molar-refractivity contribution < 1.29 is 19.2 Å². The molecule has 0 unspecified atom stereocenters. The van der Waals surface area contributed by atoms with E-state index in [0.29, 0.717) is 16.9 Å². The third-order valence-corrected chi connectivity index (χ3v) is 2.72. The van der Waals surface area contributed by atoms with Gasteiger partial charge in [-0.15, -0.1) is 0 Å². The van der Waals surface area contributed by atoms with Crippen LogP contribution in [0.3, 0.4) is 0 Å². The molecule has 0 aliphatic carbocycles. The summed E-state index contributed by atoms with van der Waals surface area (Å²) in [5.74, 6) is 0.564. The lowest BCUT2D eigenvalue weighted by Crippen LogP contribution is -2.34. The van der Waals surface area contributed by atoms with Crippen molar-refractivity contribution in [3.05, 3.63) is 33.4 Å². The summed E-state index contributed by atoms with van der Waals surface area (Å²) in [5, 5.41) is 13.4. The molecule has 0 aromatic heterocycles. The van der Waals surface area contributed by atoms with Gasteiger partial charge in [0.2, 0.25) is 0 Å². The van der Waals surface area contributed by atoms with Crippen molar-refractivity contribution >= 4 is 11.8 Å². The van der Waals surface area contributed by atoms with Gasteiger partial charge in [0.15, 0.2) is 0 Å². The Morgan fingerprint density at radius 2 is 1.91 bits per heavy atom. The van der Waals surface area contributed by atoms with E-state index in [-0.39, 0.29) is 18.8 Å². The number of carbonyl (C=O) groups excluding carboxylic acids is 1. The van der Waals surface area contributed by atoms with Gasteiger partial charge in [0.05, 0.1) is 11.5 Å².